The summed E-state index contributed by atoms with van der Waals surface area (Å²) in [7, 11) is 0. The van der Waals surface area contributed by atoms with Crippen LogP contribution in [-0.2, 0) is 14.3 Å². The van der Waals surface area contributed by atoms with E-state index in [0.717, 1.165) is 13.0 Å². The van der Waals surface area contributed by atoms with Crippen molar-refractivity contribution in [2.24, 2.45) is 0 Å². The van der Waals surface area contributed by atoms with Gasteiger partial charge in [0.15, 0.2) is 0 Å². The van der Waals surface area contributed by atoms with Gasteiger partial charge in [-0.1, -0.05) is 103 Å². The molecule has 4 heteroatoms. The Kier molecular flexibility index (Phi) is 21.9. The lowest BCUT2D eigenvalue weighted by molar-refractivity contribution is -0.142. The van der Waals surface area contributed by atoms with Gasteiger partial charge in [0.1, 0.15) is 6.61 Å². The minimum Gasteiger partial charge on any atom is -0.480 e. The Morgan fingerprint density at radius 2 is 0.962 bits per heavy atom. The fraction of sp³-hybridized carbons (Fsp3) is 0.955. The molecule has 0 aliphatic carbocycles. The summed E-state index contributed by atoms with van der Waals surface area (Å²) in [6, 6.07) is 0. The van der Waals surface area contributed by atoms with Gasteiger partial charge in [-0.2, -0.15) is 0 Å². The molecular weight excluding hydrogens is 328 g/mol. The van der Waals surface area contributed by atoms with Crippen LogP contribution in [0.5, 0.6) is 0 Å². The molecule has 0 aliphatic heterocycles. The van der Waals surface area contributed by atoms with Crippen molar-refractivity contribution in [3.8, 4) is 0 Å². The number of aliphatic carboxylic acids is 1. The zero-order valence-corrected chi connectivity index (χ0v) is 17.3. The van der Waals surface area contributed by atoms with Crippen LogP contribution < -0.4 is 0 Å². The first-order valence-corrected chi connectivity index (χ1v) is 11.1. The van der Waals surface area contributed by atoms with Crippen LogP contribution in [-0.4, -0.2) is 37.5 Å². The molecule has 0 aromatic rings. The van der Waals surface area contributed by atoms with Crippen LogP contribution in [0.4, 0.5) is 0 Å². The molecule has 0 aliphatic rings. The molecule has 0 amide bonds. The summed E-state index contributed by atoms with van der Waals surface area (Å²) >= 11 is 0. The highest BCUT2D eigenvalue weighted by molar-refractivity contribution is 5.67. The van der Waals surface area contributed by atoms with E-state index >= 15 is 0 Å². The fourth-order valence-electron chi connectivity index (χ4n) is 3.13. The van der Waals surface area contributed by atoms with E-state index in [4.69, 9.17) is 14.6 Å². The monoisotopic (exact) mass is 372 g/mol. The zero-order valence-electron chi connectivity index (χ0n) is 17.3. The van der Waals surface area contributed by atoms with Crippen molar-refractivity contribution >= 4 is 5.97 Å². The lowest BCUT2D eigenvalue weighted by atomic mass is 10.0. The van der Waals surface area contributed by atoms with E-state index < -0.39 is 5.97 Å². The van der Waals surface area contributed by atoms with Gasteiger partial charge < -0.3 is 14.6 Å². The largest absolute Gasteiger partial charge is 0.480 e. The first kappa shape index (κ1) is 25.4. The molecular formula is C22H44O4. The molecule has 0 unspecified atom stereocenters. The van der Waals surface area contributed by atoms with Crippen LogP contribution in [0, 0.1) is 0 Å². The number of hydrogen-bond donors (Lipinski definition) is 1. The summed E-state index contributed by atoms with van der Waals surface area (Å²) in [5, 5.41) is 8.41. The summed E-state index contributed by atoms with van der Waals surface area (Å²) in [4.78, 5) is 10.2. The highest BCUT2D eigenvalue weighted by Gasteiger charge is 1.97. The van der Waals surface area contributed by atoms with Gasteiger partial charge in [0.25, 0.3) is 0 Å². The molecule has 0 saturated heterocycles. The average Bonchev–Trinajstić information content (AvgIpc) is 2.62. The lowest BCUT2D eigenvalue weighted by Crippen LogP contribution is -2.11. The average molecular weight is 373 g/mol. The third kappa shape index (κ3) is 23.4. The molecule has 0 atom stereocenters. The normalized spacial score (nSPS) is 11.1. The molecule has 156 valence electrons. The van der Waals surface area contributed by atoms with Crippen LogP contribution in [0.3, 0.4) is 0 Å². The first-order chi connectivity index (χ1) is 12.8. The summed E-state index contributed by atoms with van der Waals surface area (Å²) in [5.74, 6) is -0.928. The molecule has 0 bridgehead atoms. The van der Waals surface area contributed by atoms with Gasteiger partial charge in [0.05, 0.1) is 13.2 Å². The van der Waals surface area contributed by atoms with Crippen molar-refractivity contribution < 1.29 is 19.4 Å². The molecule has 0 aromatic heterocycles. The first-order valence-electron chi connectivity index (χ1n) is 11.1. The quantitative estimate of drug-likeness (QED) is 0.224. The number of ether oxygens (including phenoxy) is 2. The maximum Gasteiger partial charge on any atom is 0.329 e. The summed E-state index contributed by atoms with van der Waals surface area (Å²) in [5.41, 5.74) is 0. The predicted molar refractivity (Wildman–Crippen MR) is 109 cm³/mol. The second kappa shape index (κ2) is 22.4. The molecule has 0 fully saturated rings. The van der Waals surface area contributed by atoms with Crippen LogP contribution in [0.25, 0.3) is 0 Å². The topological polar surface area (TPSA) is 55.8 Å². The van der Waals surface area contributed by atoms with Gasteiger partial charge in [-0.15, -0.1) is 0 Å². The number of rotatable bonds is 22. The van der Waals surface area contributed by atoms with Crippen molar-refractivity contribution in [3.05, 3.63) is 0 Å². The molecule has 4 nitrogen and oxygen atoms in total. The van der Waals surface area contributed by atoms with E-state index in [1.807, 2.05) is 0 Å². The third-order valence-electron chi connectivity index (χ3n) is 4.74. The van der Waals surface area contributed by atoms with Gasteiger partial charge in [0, 0.05) is 6.61 Å². The van der Waals surface area contributed by atoms with Crippen LogP contribution in [0.1, 0.15) is 110 Å². The summed E-state index contributed by atoms with van der Waals surface area (Å²) in [6.45, 7) is 3.66. The number of carboxylic acids is 1. The van der Waals surface area contributed by atoms with Crippen LogP contribution in [0.15, 0.2) is 0 Å². The standard InChI is InChI=1S/C22H44O4/c1-2-3-4-5-6-7-8-9-10-11-12-13-14-15-16-17-18-25-19-20-26-21-22(23)24/h2-21H2,1H3,(H,23,24). The molecule has 0 aromatic carbocycles. The van der Waals surface area contributed by atoms with E-state index in [9.17, 15) is 4.79 Å². The Labute approximate surface area is 162 Å². The van der Waals surface area contributed by atoms with Crippen molar-refractivity contribution in [2.45, 2.75) is 110 Å². The highest BCUT2D eigenvalue weighted by Crippen LogP contribution is 2.13. The van der Waals surface area contributed by atoms with Crippen molar-refractivity contribution in [3.63, 3.8) is 0 Å². The van der Waals surface area contributed by atoms with E-state index in [0.29, 0.717) is 13.2 Å². The number of carbonyl (C=O) groups is 1. The second-order valence-electron chi connectivity index (χ2n) is 7.36. The molecule has 1 N–H and O–H groups in total. The highest BCUT2D eigenvalue weighted by atomic mass is 16.5. The van der Waals surface area contributed by atoms with E-state index in [-0.39, 0.29) is 6.61 Å². The number of carboxylic acid groups (broad SMARTS) is 1. The van der Waals surface area contributed by atoms with E-state index in [2.05, 4.69) is 6.92 Å². The van der Waals surface area contributed by atoms with Crippen molar-refractivity contribution in [1.82, 2.24) is 0 Å². The number of hydrogen-bond acceptors (Lipinski definition) is 3. The van der Waals surface area contributed by atoms with Gasteiger partial charge in [-0.05, 0) is 6.42 Å². The van der Waals surface area contributed by atoms with Gasteiger partial charge in [0.2, 0.25) is 0 Å². The van der Waals surface area contributed by atoms with Gasteiger partial charge in [-0.3, -0.25) is 0 Å². The molecule has 0 rings (SSSR count). The molecule has 0 radical (unpaired) electrons. The Morgan fingerprint density at radius 1 is 0.577 bits per heavy atom. The molecule has 0 heterocycles. The smallest absolute Gasteiger partial charge is 0.329 e. The van der Waals surface area contributed by atoms with E-state index in [1.165, 1.54) is 96.3 Å². The van der Waals surface area contributed by atoms with Crippen molar-refractivity contribution in [1.29, 1.82) is 0 Å². The Morgan fingerprint density at radius 3 is 1.38 bits per heavy atom. The Bertz CT molecular complexity index is 281. The fourth-order valence-corrected chi connectivity index (χ4v) is 3.13. The minimum absolute atomic E-state index is 0.234. The maximum atomic E-state index is 10.2. The molecule has 0 saturated carbocycles. The van der Waals surface area contributed by atoms with Crippen molar-refractivity contribution in [2.75, 3.05) is 26.4 Å². The van der Waals surface area contributed by atoms with Crippen LogP contribution in [0.2, 0.25) is 0 Å². The lowest BCUT2D eigenvalue weighted by Gasteiger charge is -2.05. The Balaban J connectivity index is 2.98. The SMILES string of the molecule is CCCCCCCCCCCCCCCCCCOCCOCC(=O)O. The second-order valence-corrected chi connectivity index (χ2v) is 7.36. The van der Waals surface area contributed by atoms with Gasteiger partial charge in [-0.25, -0.2) is 4.79 Å². The Hall–Kier alpha value is -0.610. The third-order valence-corrected chi connectivity index (χ3v) is 4.74. The maximum absolute atomic E-state index is 10.2. The molecule has 0 spiro atoms. The van der Waals surface area contributed by atoms with Crippen LogP contribution >= 0.6 is 0 Å². The predicted octanol–water partition coefficient (Wildman–Crippen LogP) is 6.37. The number of unbranched alkanes of at least 4 members (excludes halogenated alkanes) is 15. The molecule has 26 heavy (non-hydrogen) atoms. The van der Waals surface area contributed by atoms with E-state index in [1.54, 1.807) is 0 Å². The van der Waals surface area contributed by atoms with Gasteiger partial charge >= 0.3 is 5.97 Å². The minimum atomic E-state index is -0.928. The summed E-state index contributed by atoms with van der Waals surface area (Å²) < 4.78 is 10.3. The summed E-state index contributed by atoms with van der Waals surface area (Å²) in [6.07, 6.45) is 22.0. The zero-order chi connectivity index (χ0) is 19.1.